The van der Waals surface area contributed by atoms with Crippen LogP contribution in [0, 0.1) is 5.92 Å². The van der Waals surface area contributed by atoms with Gasteiger partial charge in [-0.15, -0.1) is 0 Å². The second kappa shape index (κ2) is 6.92. The maximum Gasteiger partial charge on any atom is 0.129 e. The van der Waals surface area contributed by atoms with Crippen molar-refractivity contribution in [3.05, 3.63) is 23.7 Å². The van der Waals surface area contributed by atoms with Gasteiger partial charge >= 0.3 is 0 Å². The standard InChI is InChI=1S/C16H26N2O3/c1-17-6-7-20-16(9-17)11-18(8-13-2-3-13)10-14-4-5-15(12-19)21-14/h4-5,13,16,19H,2-3,6-12H2,1H3. The van der Waals surface area contributed by atoms with Gasteiger partial charge < -0.3 is 19.2 Å². The summed E-state index contributed by atoms with van der Waals surface area (Å²) in [7, 11) is 2.15. The SMILES string of the molecule is CN1CCOC(CN(Cc2ccc(CO)o2)CC2CC2)C1. The summed E-state index contributed by atoms with van der Waals surface area (Å²) in [5.41, 5.74) is 0. The van der Waals surface area contributed by atoms with Crippen molar-refractivity contribution in [1.29, 1.82) is 0 Å². The van der Waals surface area contributed by atoms with Crippen molar-refractivity contribution in [2.75, 3.05) is 39.8 Å². The molecule has 1 aliphatic heterocycles. The molecule has 2 heterocycles. The van der Waals surface area contributed by atoms with Gasteiger partial charge in [0.25, 0.3) is 0 Å². The Hall–Kier alpha value is -0.880. The highest BCUT2D eigenvalue weighted by Crippen LogP contribution is 2.30. The molecule has 2 aliphatic rings. The molecule has 5 heteroatoms. The van der Waals surface area contributed by atoms with Crippen LogP contribution in [0.2, 0.25) is 0 Å². The van der Waals surface area contributed by atoms with E-state index >= 15 is 0 Å². The van der Waals surface area contributed by atoms with Crippen LogP contribution in [0.5, 0.6) is 0 Å². The largest absolute Gasteiger partial charge is 0.462 e. The Morgan fingerprint density at radius 3 is 2.76 bits per heavy atom. The average molecular weight is 294 g/mol. The maximum absolute atomic E-state index is 9.10. The first-order valence-electron chi connectivity index (χ1n) is 7.94. The molecule has 1 N–H and O–H groups in total. The molecule has 1 unspecified atom stereocenters. The van der Waals surface area contributed by atoms with Gasteiger partial charge in [-0.3, -0.25) is 4.90 Å². The van der Waals surface area contributed by atoms with Gasteiger partial charge in [-0.05, 0) is 37.9 Å². The zero-order valence-corrected chi connectivity index (χ0v) is 12.8. The van der Waals surface area contributed by atoms with Gasteiger partial charge in [0.05, 0.1) is 19.3 Å². The lowest BCUT2D eigenvalue weighted by Crippen LogP contribution is -2.46. The van der Waals surface area contributed by atoms with Crippen LogP contribution >= 0.6 is 0 Å². The predicted molar refractivity (Wildman–Crippen MR) is 79.9 cm³/mol. The zero-order valence-electron chi connectivity index (χ0n) is 12.8. The Bertz CT molecular complexity index is 444. The van der Waals surface area contributed by atoms with Crippen LogP contribution in [-0.2, 0) is 17.9 Å². The Balaban J connectivity index is 1.57. The van der Waals surface area contributed by atoms with Gasteiger partial charge in [0, 0.05) is 26.2 Å². The van der Waals surface area contributed by atoms with E-state index in [1.54, 1.807) is 0 Å². The molecule has 0 radical (unpaired) electrons. The van der Waals surface area contributed by atoms with Gasteiger partial charge in [0.1, 0.15) is 18.1 Å². The summed E-state index contributed by atoms with van der Waals surface area (Å²) in [6, 6.07) is 3.83. The molecule has 3 rings (SSSR count). The molecule has 0 aromatic carbocycles. The number of aliphatic hydroxyl groups is 1. The fraction of sp³-hybridized carbons (Fsp3) is 0.750. The molecule has 5 nitrogen and oxygen atoms in total. The molecule has 118 valence electrons. The second-order valence-corrected chi connectivity index (χ2v) is 6.42. The Morgan fingerprint density at radius 2 is 2.10 bits per heavy atom. The van der Waals surface area contributed by atoms with E-state index in [1.807, 2.05) is 12.1 Å². The first kappa shape index (κ1) is 15.0. The first-order chi connectivity index (χ1) is 10.2. The van der Waals surface area contributed by atoms with Crippen LogP contribution in [0.4, 0.5) is 0 Å². The summed E-state index contributed by atoms with van der Waals surface area (Å²) in [6.07, 6.45) is 2.99. The van der Waals surface area contributed by atoms with Gasteiger partial charge in [-0.25, -0.2) is 0 Å². The van der Waals surface area contributed by atoms with Crippen molar-refractivity contribution in [1.82, 2.24) is 9.80 Å². The monoisotopic (exact) mass is 294 g/mol. The molecule has 1 saturated heterocycles. The Morgan fingerprint density at radius 1 is 1.29 bits per heavy atom. The van der Waals surface area contributed by atoms with Crippen LogP contribution in [-0.4, -0.2) is 60.8 Å². The van der Waals surface area contributed by atoms with Crippen LogP contribution in [0.25, 0.3) is 0 Å². The average Bonchev–Trinajstić information content (AvgIpc) is 3.15. The van der Waals surface area contributed by atoms with Gasteiger partial charge in [-0.2, -0.15) is 0 Å². The number of ether oxygens (including phenoxy) is 1. The van der Waals surface area contributed by atoms with Crippen LogP contribution in [0.1, 0.15) is 24.4 Å². The highest BCUT2D eigenvalue weighted by molar-refractivity contribution is 5.06. The minimum absolute atomic E-state index is 0.0286. The van der Waals surface area contributed by atoms with Crippen LogP contribution in [0.3, 0.4) is 0 Å². The van der Waals surface area contributed by atoms with E-state index in [0.29, 0.717) is 5.76 Å². The lowest BCUT2D eigenvalue weighted by molar-refractivity contribution is -0.0380. The number of morpholine rings is 1. The summed E-state index contributed by atoms with van der Waals surface area (Å²) in [4.78, 5) is 4.78. The minimum Gasteiger partial charge on any atom is -0.462 e. The van der Waals surface area contributed by atoms with E-state index in [4.69, 9.17) is 14.3 Å². The number of rotatable bonds is 7. The van der Waals surface area contributed by atoms with E-state index in [-0.39, 0.29) is 12.7 Å². The summed E-state index contributed by atoms with van der Waals surface area (Å²) in [5.74, 6) is 2.42. The molecule has 1 atom stereocenters. The summed E-state index contributed by atoms with van der Waals surface area (Å²) in [5, 5.41) is 9.10. The molecule has 0 bridgehead atoms. The van der Waals surface area contributed by atoms with Crippen molar-refractivity contribution in [2.24, 2.45) is 5.92 Å². The normalized spacial score (nSPS) is 23.9. The Labute approximate surface area is 126 Å². The van der Waals surface area contributed by atoms with Crippen molar-refractivity contribution in [3.63, 3.8) is 0 Å². The lowest BCUT2D eigenvalue weighted by Gasteiger charge is -2.33. The van der Waals surface area contributed by atoms with E-state index in [2.05, 4.69) is 16.8 Å². The molecule has 2 fully saturated rings. The number of hydrogen-bond acceptors (Lipinski definition) is 5. The molecule has 1 saturated carbocycles. The zero-order chi connectivity index (χ0) is 14.7. The van der Waals surface area contributed by atoms with Crippen LogP contribution in [0.15, 0.2) is 16.5 Å². The summed E-state index contributed by atoms with van der Waals surface area (Å²) < 4.78 is 11.5. The van der Waals surface area contributed by atoms with Crippen molar-refractivity contribution < 1.29 is 14.3 Å². The minimum atomic E-state index is -0.0286. The predicted octanol–water partition coefficient (Wildman–Crippen LogP) is 1.31. The third-order valence-electron chi connectivity index (χ3n) is 4.27. The molecule has 1 aliphatic carbocycles. The van der Waals surface area contributed by atoms with E-state index in [9.17, 15) is 0 Å². The summed E-state index contributed by atoms with van der Waals surface area (Å²) >= 11 is 0. The molecular weight excluding hydrogens is 268 g/mol. The van der Waals surface area contributed by atoms with E-state index in [0.717, 1.165) is 51.0 Å². The van der Waals surface area contributed by atoms with Gasteiger partial charge in [0.15, 0.2) is 0 Å². The van der Waals surface area contributed by atoms with Crippen molar-refractivity contribution in [2.45, 2.75) is 32.1 Å². The topological polar surface area (TPSA) is 49.1 Å². The number of nitrogens with zero attached hydrogens (tertiary/aromatic N) is 2. The quantitative estimate of drug-likeness (QED) is 0.822. The van der Waals surface area contributed by atoms with E-state index in [1.165, 1.54) is 12.8 Å². The van der Waals surface area contributed by atoms with Crippen molar-refractivity contribution in [3.8, 4) is 0 Å². The number of furan rings is 1. The van der Waals surface area contributed by atoms with Gasteiger partial charge in [-0.1, -0.05) is 0 Å². The smallest absolute Gasteiger partial charge is 0.129 e. The Kier molecular flexibility index (Phi) is 4.95. The maximum atomic E-state index is 9.10. The third-order valence-corrected chi connectivity index (χ3v) is 4.27. The number of likely N-dealkylation sites (N-methyl/N-ethyl adjacent to an activating group) is 1. The number of aliphatic hydroxyl groups excluding tert-OH is 1. The summed E-state index contributed by atoms with van der Waals surface area (Å²) in [6.45, 7) is 5.71. The molecule has 1 aromatic heterocycles. The molecule has 1 aromatic rings. The molecule has 0 spiro atoms. The van der Waals surface area contributed by atoms with E-state index < -0.39 is 0 Å². The molecule has 0 amide bonds. The lowest BCUT2D eigenvalue weighted by atomic mass is 10.2. The number of hydrogen-bond donors (Lipinski definition) is 1. The van der Waals surface area contributed by atoms with Crippen molar-refractivity contribution >= 4 is 0 Å². The fourth-order valence-electron chi connectivity index (χ4n) is 2.95. The molecular formula is C16H26N2O3. The first-order valence-corrected chi connectivity index (χ1v) is 7.94. The fourth-order valence-corrected chi connectivity index (χ4v) is 2.95. The third kappa shape index (κ3) is 4.54. The highest BCUT2D eigenvalue weighted by Gasteiger charge is 2.27. The highest BCUT2D eigenvalue weighted by atomic mass is 16.5. The van der Waals surface area contributed by atoms with Crippen LogP contribution < -0.4 is 0 Å². The second-order valence-electron chi connectivity index (χ2n) is 6.42. The van der Waals surface area contributed by atoms with Gasteiger partial charge in [0.2, 0.25) is 0 Å². The molecule has 21 heavy (non-hydrogen) atoms.